The Balaban J connectivity index is 1.58. The lowest BCUT2D eigenvalue weighted by molar-refractivity contribution is -0.120. The number of benzene rings is 1. The van der Waals surface area contributed by atoms with Crippen LogP contribution in [-0.2, 0) is 17.8 Å². The molecule has 2 heterocycles. The van der Waals surface area contributed by atoms with Gasteiger partial charge in [-0.3, -0.25) is 4.79 Å². The van der Waals surface area contributed by atoms with Crippen LogP contribution in [-0.4, -0.2) is 15.7 Å². The lowest BCUT2D eigenvalue weighted by Gasteiger charge is -2.02. The molecule has 0 atom stereocenters. The van der Waals surface area contributed by atoms with E-state index in [0.29, 0.717) is 13.0 Å². The lowest BCUT2D eigenvalue weighted by atomic mass is 10.2. The van der Waals surface area contributed by atoms with Gasteiger partial charge in [0.1, 0.15) is 0 Å². The van der Waals surface area contributed by atoms with Crippen molar-refractivity contribution in [3.63, 3.8) is 0 Å². The zero-order chi connectivity index (χ0) is 14.5. The molecule has 1 aromatic carbocycles. The van der Waals surface area contributed by atoms with Crippen molar-refractivity contribution in [2.24, 2.45) is 0 Å². The summed E-state index contributed by atoms with van der Waals surface area (Å²) in [6.45, 7) is 0.587. The summed E-state index contributed by atoms with van der Waals surface area (Å²) in [5, 5.41) is 9.21. The minimum absolute atomic E-state index is 0.0102. The number of para-hydroxylation sites is 1. The maximum absolute atomic E-state index is 11.9. The van der Waals surface area contributed by atoms with E-state index in [-0.39, 0.29) is 5.91 Å². The first kappa shape index (κ1) is 13.6. The van der Waals surface area contributed by atoms with Gasteiger partial charge in [-0.15, -0.1) is 11.3 Å². The monoisotopic (exact) mass is 297 g/mol. The van der Waals surface area contributed by atoms with E-state index in [0.717, 1.165) is 16.1 Å². The molecule has 5 heteroatoms. The number of hydrogen-bond donors (Lipinski definition) is 1. The zero-order valence-corrected chi connectivity index (χ0v) is 12.2. The Morgan fingerprint density at radius 1 is 1.19 bits per heavy atom. The molecule has 3 aromatic rings. The van der Waals surface area contributed by atoms with Crippen molar-refractivity contribution in [1.29, 1.82) is 0 Å². The highest BCUT2D eigenvalue weighted by atomic mass is 32.1. The topological polar surface area (TPSA) is 46.9 Å². The van der Waals surface area contributed by atoms with Crippen LogP contribution >= 0.6 is 11.3 Å². The highest BCUT2D eigenvalue weighted by Crippen LogP contribution is 2.09. The molecule has 0 radical (unpaired) electrons. The fraction of sp³-hybridized carbons (Fsp3) is 0.125. The van der Waals surface area contributed by atoms with Gasteiger partial charge < -0.3 is 5.32 Å². The van der Waals surface area contributed by atoms with E-state index in [1.165, 1.54) is 0 Å². The smallest absolute Gasteiger partial charge is 0.224 e. The molecule has 0 unspecified atom stereocenters. The Bertz CT molecular complexity index is 704. The molecule has 0 spiro atoms. The molecule has 0 aliphatic rings. The van der Waals surface area contributed by atoms with Gasteiger partial charge in [0.2, 0.25) is 5.91 Å². The Morgan fingerprint density at radius 2 is 2.05 bits per heavy atom. The van der Waals surface area contributed by atoms with Crippen LogP contribution in [0.2, 0.25) is 0 Å². The largest absolute Gasteiger partial charge is 0.351 e. The summed E-state index contributed by atoms with van der Waals surface area (Å²) in [4.78, 5) is 13.1. The predicted octanol–water partition coefficient (Wildman–Crippen LogP) is 2.79. The number of aromatic nitrogens is 2. The molecule has 0 saturated heterocycles. The summed E-state index contributed by atoms with van der Waals surface area (Å²) >= 11 is 1.64. The Morgan fingerprint density at radius 3 is 2.81 bits per heavy atom. The first-order chi connectivity index (χ1) is 10.3. The summed E-state index contributed by atoms with van der Waals surface area (Å²) in [6.07, 6.45) is 3.97. The van der Waals surface area contributed by atoms with Crippen LogP contribution in [0.15, 0.2) is 60.2 Å². The van der Waals surface area contributed by atoms with Crippen molar-refractivity contribution in [3.8, 4) is 5.69 Å². The molecule has 0 saturated carbocycles. The van der Waals surface area contributed by atoms with E-state index in [1.54, 1.807) is 22.2 Å². The van der Waals surface area contributed by atoms with Crippen molar-refractivity contribution in [2.45, 2.75) is 13.0 Å². The normalized spacial score (nSPS) is 10.5. The van der Waals surface area contributed by atoms with Crippen LogP contribution in [0.5, 0.6) is 0 Å². The molecule has 1 N–H and O–H groups in total. The first-order valence-electron chi connectivity index (χ1n) is 6.69. The summed E-state index contributed by atoms with van der Waals surface area (Å²) in [7, 11) is 0. The second kappa shape index (κ2) is 6.37. The standard InChI is InChI=1S/C16H15N3OS/c20-16(17-11-15-7-4-8-21-15)9-13-10-18-19(12-13)14-5-2-1-3-6-14/h1-8,10,12H,9,11H2,(H,17,20). The van der Waals surface area contributed by atoms with Crippen molar-refractivity contribution in [2.75, 3.05) is 0 Å². The van der Waals surface area contributed by atoms with Gasteiger partial charge in [-0.2, -0.15) is 5.10 Å². The highest BCUT2D eigenvalue weighted by Gasteiger charge is 2.06. The molecule has 0 fully saturated rings. The van der Waals surface area contributed by atoms with Gasteiger partial charge in [-0.05, 0) is 29.1 Å². The zero-order valence-electron chi connectivity index (χ0n) is 11.4. The van der Waals surface area contributed by atoms with Crippen LogP contribution in [0, 0.1) is 0 Å². The fourth-order valence-corrected chi connectivity index (χ4v) is 2.66. The third kappa shape index (κ3) is 3.58. The number of rotatable bonds is 5. The fourth-order valence-electron chi connectivity index (χ4n) is 2.02. The molecule has 0 bridgehead atoms. The molecule has 0 aliphatic heterocycles. The summed E-state index contributed by atoms with van der Waals surface area (Å²) in [6, 6.07) is 13.8. The average Bonchev–Trinajstić information content (AvgIpc) is 3.17. The van der Waals surface area contributed by atoms with Gasteiger partial charge in [0.25, 0.3) is 0 Å². The maximum Gasteiger partial charge on any atom is 0.224 e. The molecular weight excluding hydrogens is 282 g/mol. The first-order valence-corrected chi connectivity index (χ1v) is 7.57. The SMILES string of the molecule is O=C(Cc1cnn(-c2ccccc2)c1)NCc1cccs1. The molecule has 106 valence electrons. The molecule has 1 amide bonds. The van der Waals surface area contributed by atoms with E-state index in [2.05, 4.69) is 10.4 Å². The number of carbonyl (C=O) groups excluding carboxylic acids is 1. The molecule has 21 heavy (non-hydrogen) atoms. The molecule has 3 rings (SSSR count). The molecule has 2 aromatic heterocycles. The highest BCUT2D eigenvalue weighted by molar-refractivity contribution is 7.09. The van der Waals surface area contributed by atoms with Gasteiger partial charge in [0.15, 0.2) is 0 Å². The summed E-state index contributed by atoms with van der Waals surface area (Å²) in [5.41, 5.74) is 1.89. The Kier molecular flexibility index (Phi) is 4.12. The van der Waals surface area contributed by atoms with Crippen LogP contribution < -0.4 is 5.32 Å². The van der Waals surface area contributed by atoms with E-state index in [1.807, 2.05) is 54.0 Å². The average molecular weight is 297 g/mol. The third-order valence-electron chi connectivity index (χ3n) is 3.06. The Labute approximate surface area is 127 Å². The number of amides is 1. The van der Waals surface area contributed by atoms with Gasteiger partial charge in [0.05, 0.1) is 24.8 Å². The van der Waals surface area contributed by atoms with E-state index >= 15 is 0 Å². The van der Waals surface area contributed by atoms with Crippen molar-refractivity contribution >= 4 is 17.2 Å². The second-order valence-corrected chi connectivity index (χ2v) is 5.69. The second-order valence-electron chi connectivity index (χ2n) is 4.66. The minimum Gasteiger partial charge on any atom is -0.351 e. The van der Waals surface area contributed by atoms with Gasteiger partial charge >= 0.3 is 0 Å². The summed E-state index contributed by atoms with van der Waals surface area (Å²) < 4.78 is 1.78. The van der Waals surface area contributed by atoms with E-state index < -0.39 is 0 Å². The van der Waals surface area contributed by atoms with Crippen LogP contribution in [0.4, 0.5) is 0 Å². The maximum atomic E-state index is 11.9. The van der Waals surface area contributed by atoms with E-state index in [9.17, 15) is 4.79 Å². The van der Waals surface area contributed by atoms with Crippen molar-refractivity contribution in [3.05, 3.63) is 70.7 Å². The molecule has 4 nitrogen and oxygen atoms in total. The number of thiophene rings is 1. The van der Waals surface area contributed by atoms with Crippen LogP contribution in [0.3, 0.4) is 0 Å². The van der Waals surface area contributed by atoms with Gasteiger partial charge in [-0.1, -0.05) is 24.3 Å². The van der Waals surface area contributed by atoms with Gasteiger partial charge in [-0.25, -0.2) is 4.68 Å². The Hall–Kier alpha value is -2.40. The molecular formula is C16H15N3OS. The third-order valence-corrected chi connectivity index (χ3v) is 3.94. The van der Waals surface area contributed by atoms with Crippen LogP contribution in [0.25, 0.3) is 5.69 Å². The minimum atomic E-state index is 0.0102. The number of nitrogens with zero attached hydrogens (tertiary/aromatic N) is 2. The van der Waals surface area contributed by atoms with Crippen molar-refractivity contribution in [1.82, 2.24) is 15.1 Å². The molecule has 0 aliphatic carbocycles. The summed E-state index contributed by atoms with van der Waals surface area (Å²) in [5.74, 6) is 0.0102. The lowest BCUT2D eigenvalue weighted by Crippen LogP contribution is -2.23. The number of nitrogens with one attached hydrogen (secondary N) is 1. The van der Waals surface area contributed by atoms with E-state index in [4.69, 9.17) is 0 Å². The van der Waals surface area contributed by atoms with Crippen molar-refractivity contribution < 1.29 is 4.79 Å². The quantitative estimate of drug-likeness (QED) is 0.787. The predicted molar refractivity (Wildman–Crippen MR) is 83.4 cm³/mol. The van der Waals surface area contributed by atoms with Gasteiger partial charge in [0, 0.05) is 11.1 Å². The number of carbonyl (C=O) groups is 1. The number of hydrogen-bond acceptors (Lipinski definition) is 3. The van der Waals surface area contributed by atoms with Crippen LogP contribution in [0.1, 0.15) is 10.4 Å².